The summed E-state index contributed by atoms with van der Waals surface area (Å²) in [5.41, 5.74) is 0.675. The molecule has 2 aromatic heterocycles. The van der Waals surface area contributed by atoms with E-state index in [2.05, 4.69) is 41.2 Å². The van der Waals surface area contributed by atoms with E-state index in [1.54, 1.807) is 12.4 Å². The molecule has 26 heavy (non-hydrogen) atoms. The van der Waals surface area contributed by atoms with Crippen LogP contribution < -0.4 is 5.32 Å². The summed E-state index contributed by atoms with van der Waals surface area (Å²) in [6.07, 6.45) is 6.66. The highest BCUT2D eigenvalue weighted by atomic mass is 35.5. The third kappa shape index (κ3) is 4.26. The first-order valence-electron chi connectivity index (χ1n) is 9.07. The number of rotatable bonds is 4. The lowest BCUT2D eigenvalue weighted by Crippen LogP contribution is -2.49. The number of halogens is 1. The predicted molar refractivity (Wildman–Crippen MR) is 100 cm³/mol. The van der Waals surface area contributed by atoms with Gasteiger partial charge >= 0.3 is 6.09 Å². The summed E-state index contributed by atoms with van der Waals surface area (Å²) in [6, 6.07) is -0.0296. The second-order valence-electron chi connectivity index (χ2n) is 8.32. The van der Waals surface area contributed by atoms with E-state index in [-0.39, 0.29) is 16.7 Å². The summed E-state index contributed by atoms with van der Waals surface area (Å²) in [5.74, 6) is 0.877. The van der Waals surface area contributed by atoms with E-state index in [4.69, 9.17) is 11.6 Å². The van der Waals surface area contributed by atoms with Crippen LogP contribution >= 0.6 is 11.6 Å². The molecular weight excluding hydrogens is 354 g/mol. The summed E-state index contributed by atoms with van der Waals surface area (Å²) in [6.45, 7) is 7.09. The van der Waals surface area contributed by atoms with Gasteiger partial charge < -0.3 is 10.4 Å². The summed E-state index contributed by atoms with van der Waals surface area (Å²) < 4.78 is 1.91. The van der Waals surface area contributed by atoms with Crippen LogP contribution in [0.5, 0.6) is 0 Å². The van der Waals surface area contributed by atoms with Gasteiger partial charge in [0, 0.05) is 18.8 Å². The van der Waals surface area contributed by atoms with Gasteiger partial charge in [0.25, 0.3) is 0 Å². The Balaban J connectivity index is 1.64. The van der Waals surface area contributed by atoms with Crippen molar-refractivity contribution in [3.05, 3.63) is 17.7 Å². The minimum Gasteiger partial charge on any atom is -0.465 e. The molecule has 1 fully saturated rings. The fraction of sp³-hybridized carbons (Fsp3) is 0.667. The van der Waals surface area contributed by atoms with Gasteiger partial charge in [0.2, 0.25) is 5.28 Å². The molecule has 2 aromatic rings. The van der Waals surface area contributed by atoms with Crippen molar-refractivity contribution in [2.45, 2.75) is 59.0 Å². The molecule has 1 aliphatic rings. The van der Waals surface area contributed by atoms with E-state index >= 15 is 0 Å². The van der Waals surface area contributed by atoms with Gasteiger partial charge in [-0.05, 0) is 54.5 Å². The molecule has 1 unspecified atom stereocenters. The maximum Gasteiger partial charge on any atom is 0.404 e. The van der Waals surface area contributed by atoms with Crippen molar-refractivity contribution in [3.63, 3.8) is 0 Å². The molecule has 0 aliphatic heterocycles. The zero-order valence-electron chi connectivity index (χ0n) is 15.4. The van der Waals surface area contributed by atoms with Crippen LogP contribution in [0.3, 0.4) is 0 Å². The Morgan fingerprint density at radius 3 is 2.65 bits per heavy atom. The second-order valence-corrected chi connectivity index (χ2v) is 8.66. The van der Waals surface area contributed by atoms with E-state index in [0.29, 0.717) is 11.8 Å². The van der Waals surface area contributed by atoms with E-state index < -0.39 is 6.09 Å². The molecule has 0 bridgehead atoms. The zero-order chi connectivity index (χ0) is 18.9. The van der Waals surface area contributed by atoms with Crippen LogP contribution in [0.15, 0.2) is 12.4 Å². The van der Waals surface area contributed by atoms with Crippen LogP contribution in [0.25, 0.3) is 11.0 Å². The quantitative estimate of drug-likeness (QED) is 0.784. The maximum atomic E-state index is 11.2. The molecule has 0 spiro atoms. The first kappa shape index (κ1) is 18.9. The minimum absolute atomic E-state index is 0.0296. The fourth-order valence-corrected chi connectivity index (χ4v) is 4.23. The van der Waals surface area contributed by atoms with Crippen molar-refractivity contribution in [1.29, 1.82) is 0 Å². The molecule has 0 aromatic carbocycles. The van der Waals surface area contributed by atoms with Crippen LogP contribution in [0.2, 0.25) is 5.28 Å². The Labute approximate surface area is 158 Å². The van der Waals surface area contributed by atoms with Crippen molar-refractivity contribution in [1.82, 2.24) is 25.1 Å². The topological polar surface area (TPSA) is 92.9 Å². The summed E-state index contributed by atoms with van der Waals surface area (Å²) in [4.78, 5) is 19.5. The SMILES string of the molecule is CC(C)(C)C(NC(=O)O)C1CCC(Cn2ncc3cnc(Cl)nc32)CC1. The number of amides is 1. The van der Waals surface area contributed by atoms with Crippen molar-refractivity contribution < 1.29 is 9.90 Å². The first-order chi connectivity index (χ1) is 12.2. The molecule has 3 rings (SSSR count). The number of carboxylic acid groups (broad SMARTS) is 1. The number of aromatic nitrogens is 4. The number of carbonyl (C=O) groups is 1. The molecule has 1 amide bonds. The predicted octanol–water partition coefficient (Wildman–Crippen LogP) is 3.97. The third-order valence-corrected chi connectivity index (χ3v) is 5.54. The Bertz CT molecular complexity index is 777. The fourth-order valence-electron chi connectivity index (χ4n) is 4.10. The van der Waals surface area contributed by atoms with E-state index in [0.717, 1.165) is 43.3 Å². The van der Waals surface area contributed by atoms with Crippen molar-refractivity contribution in [2.24, 2.45) is 17.3 Å². The highest BCUT2D eigenvalue weighted by Crippen LogP contribution is 2.37. The average molecular weight is 380 g/mol. The average Bonchev–Trinajstić information content (AvgIpc) is 2.95. The second kappa shape index (κ2) is 7.39. The Morgan fingerprint density at radius 2 is 2.04 bits per heavy atom. The zero-order valence-corrected chi connectivity index (χ0v) is 16.2. The Hall–Kier alpha value is -1.89. The monoisotopic (exact) mass is 379 g/mol. The molecule has 1 atom stereocenters. The highest BCUT2D eigenvalue weighted by molar-refractivity contribution is 6.28. The summed E-state index contributed by atoms with van der Waals surface area (Å²) in [7, 11) is 0. The Kier molecular flexibility index (Phi) is 5.37. The lowest BCUT2D eigenvalue weighted by molar-refractivity contribution is 0.121. The van der Waals surface area contributed by atoms with Crippen molar-refractivity contribution >= 4 is 28.7 Å². The van der Waals surface area contributed by atoms with Crippen LogP contribution in [0.4, 0.5) is 4.79 Å². The molecule has 8 heteroatoms. The molecule has 0 saturated heterocycles. The molecular formula is C18H26ClN5O2. The van der Waals surface area contributed by atoms with Crippen molar-refractivity contribution in [2.75, 3.05) is 0 Å². The van der Waals surface area contributed by atoms with Crippen molar-refractivity contribution in [3.8, 4) is 0 Å². The lowest BCUT2D eigenvalue weighted by Gasteiger charge is -2.40. The van der Waals surface area contributed by atoms with Gasteiger partial charge in [0.05, 0.1) is 11.6 Å². The number of nitrogens with one attached hydrogen (secondary N) is 1. The summed E-state index contributed by atoms with van der Waals surface area (Å²) >= 11 is 5.91. The van der Waals surface area contributed by atoms with Gasteiger partial charge in [0.15, 0.2) is 5.65 Å². The molecule has 2 N–H and O–H groups in total. The van der Waals surface area contributed by atoms with Crippen LogP contribution in [0.1, 0.15) is 46.5 Å². The molecule has 1 saturated carbocycles. The standard InChI is InChI=1S/C18H26ClN5O2/c1-18(2,3)14(22-17(25)26)12-6-4-11(5-7-12)10-24-15-13(9-21-24)8-20-16(19)23-15/h8-9,11-12,14,22H,4-7,10H2,1-3H3,(H,25,26). The summed E-state index contributed by atoms with van der Waals surface area (Å²) in [5, 5.41) is 17.5. The molecule has 0 radical (unpaired) electrons. The number of fused-ring (bicyclic) bond motifs is 1. The molecule has 142 valence electrons. The smallest absolute Gasteiger partial charge is 0.404 e. The van der Waals surface area contributed by atoms with Gasteiger partial charge in [0.1, 0.15) is 0 Å². The van der Waals surface area contributed by atoms with Gasteiger partial charge in [-0.1, -0.05) is 20.8 Å². The normalized spacial score (nSPS) is 22.3. The largest absolute Gasteiger partial charge is 0.465 e. The maximum absolute atomic E-state index is 11.2. The third-order valence-electron chi connectivity index (χ3n) is 5.35. The number of hydrogen-bond donors (Lipinski definition) is 2. The number of nitrogens with zero attached hydrogens (tertiary/aromatic N) is 4. The van der Waals surface area contributed by atoms with Gasteiger partial charge in [-0.15, -0.1) is 0 Å². The minimum atomic E-state index is -0.938. The van der Waals surface area contributed by atoms with Gasteiger partial charge in [-0.2, -0.15) is 10.1 Å². The van der Waals surface area contributed by atoms with E-state index in [9.17, 15) is 9.90 Å². The van der Waals surface area contributed by atoms with E-state index in [1.807, 2.05) is 4.68 Å². The molecule has 7 nitrogen and oxygen atoms in total. The van der Waals surface area contributed by atoms with E-state index in [1.165, 1.54) is 0 Å². The first-order valence-corrected chi connectivity index (χ1v) is 9.45. The van der Waals surface area contributed by atoms with Crippen LogP contribution in [-0.4, -0.2) is 37.0 Å². The van der Waals surface area contributed by atoms with Gasteiger partial charge in [-0.25, -0.2) is 14.5 Å². The van der Waals surface area contributed by atoms with Crippen LogP contribution in [-0.2, 0) is 6.54 Å². The number of hydrogen-bond acceptors (Lipinski definition) is 4. The highest BCUT2D eigenvalue weighted by Gasteiger charge is 2.36. The Morgan fingerprint density at radius 1 is 1.35 bits per heavy atom. The van der Waals surface area contributed by atoms with Crippen LogP contribution in [0, 0.1) is 17.3 Å². The molecule has 2 heterocycles. The lowest BCUT2D eigenvalue weighted by atomic mass is 9.71. The molecule has 1 aliphatic carbocycles. The van der Waals surface area contributed by atoms with Gasteiger partial charge in [-0.3, -0.25) is 0 Å².